The summed E-state index contributed by atoms with van der Waals surface area (Å²) in [6.45, 7) is 4.76. The molecule has 0 saturated carbocycles. The maximum Gasteiger partial charge on any atom is 0.303 e. The van der Waals surface area contributed by atoms with Gasteiger partial charge in [0.05, 0.1) is 5.69 Å². The monoisotopic (exact) mass is 287 g/mol. The Balaban J connectivity index is 1.70. The number of hydrogen-bond donors (Lipinski definition) is 1. The largest absolute Gasteiger partial charge is 0.481 e. The lowest BCUT2D eigenvalue weighted by molar-refractivity contribution is -0.138. The second-order valence-electron chi connectivity index (χ2n) is 6.00. The molecule has 1 fully saturated rings. The van der Waals surface area contributed by atoms with Gasteiger partial charge in [-0.25, -0.2) is 4.98 Å². The summed E-state index contributed by atoms with van der Waals surface area (Å²) < 4.78 is 2.06. The van der Waals surface area contributed by atoms with Crippen LogP contribution in [0, 0.1) is 12.8 Å². The van der Waals surface area contributed by atoms with Crippen molar-refractivity contribution in [2.45, 2.75) is 32.7 Å². The summed E-state index contributed by atoms with van der Waals surface area (Å²) in [6.07, 6.45) is 6.46. The molecule has 2 aromatic heterocycles. The van der Waals surface area contributed by atoms with Crippen molar-refractivity contribution in [2.24, 2.45) is 5.92 Å². The van der Waals surface area contributed by atoms with E-state index in [2.05, 4.69) is 28.5 Å². The smallest absolute Gasteiger partial charge is 0.303 e. The van der Waals surface area contributed by atoms with Crippen LogP contribution in [0.4, 0.5) is 0 Å². The number of hydrogen-bond acceptors (Lipinski definition) is 3. The first-order valence-electron chi connectivity index (χ1n) is 7.49. The molecule has 2 aromatic rings. The third-order valence-electron chi connectivity index (χ3n) is 4.18. The third-order valence-corrected chi connectivity index (χ3v) is 4.18. The van der Waals surface area contributed by atoms with E-state index in [9.17, 15) is 4.79 Å². The number of carbonyl (C=O) groups is 1. The number of carboxylic acids is 1. The predicted octanol–water partition coefficient (Wildman–Crippen LogP) is 2.33. The SMILES string of the molecule is Cc1cccn2cc(CN3CCCC(CC(=O)O)C3)nc12. The minimum absolute atomic E-state index is 0.273. The third kappa shape index (κ3) is 3.24. The normalized spacial score (nSPS) is 20.0. The van der Waals surface area contributed by atoms with E-state index in [4.69, 9.17) is 10.1 Å². The minimum Gasteiger partial charge on any atom is -0.481 e. The molecule has 1 atom stereocenters. The van der Waals surface area contributed by atoms with Crippen molar-refractivity contribution in [1.82, 2.24) is 14.3 Å². The van der Waals surface area contributed by atoms with Crippen molar-refractivity contribution in [1.29, 1.82) is 0 Å². The van der Waals surface area contributed by atoms with E-state index in [1.54, 1.807) is 0 Å². The maximum atomic E-state index is 10.9. The van der Waals surface area contributed by atoms with Crippen LogP contribution in [0.25, 0.3) is 5.65 Å². The molecule has 0 spiro atoms. The van der Waals surface area contributed by atoms with Gasteiger partial charge in [0.1, 0.15) is 5.65 Å². The number of aliphatic carboxylic acids is 1. The van der Waals surface area contributed by atoms with Gasteiger partial charge in [0, 0.05) is 31.9 Å². The molecule has 0 aromatic carbocycles. The van der Waals surface area contributed by atoms with Crippen LogP contribution in [-0.4, -0.2) is 38.4 Å². The van der Waals surface area contributed by atoms with E-state index in [0.717, 1.165) is 43.8 Å². The van der Waals surface area contributed by atoms with Crippen LogP contribution in [0.2, 0.25) is 0 Å². The van der Waals surface area contributed by atoms with Crippen LogP contribution in [-0.2, 0) is 11.3 Å². The lowest BCUT2D eigenvalue weighted by Crippen LogP contribution is -2.35. The molecular formula is C16H21N3O2. The maximum absolute atomic E-state index is 10.9. The molecule has 1 unspecified atom stereocenters. The highest BCUT2D eigenvalue weighted by Crippen LogP contribution is 2.21. The molecule has 3 rings (SSSR count). The predicted molar refractivity (Wildman–Crippen MR) is 80.2 cm³/mol. The van der Waals surface area contributed by atoms with Gasteiger partial charge in [-0.15, -0.1) is 0 Å². The average Bonchev–Trinajstić information content (AvgIpc) is 2.82. The number of piperidine rings is 1. The lowest BCUT2D eigenvalue weighted by atomic mass is 9.95. The molecule has 0 bridgehead atoms. The Kier molecular flexibility index (Phi) is 3.92. The first-order chi connectivity index (χ1) is 10.1. The fourth-order valence-electron chi connectivity index (χ4n) is 3.22. The molecule has 0 radical (unpaired) electrons. The number of carboxylic acid groups (broad SMARTS) is 1. The highest BCUT2D eigenvalue weighted by Gasteiger charge is 2.22. The molecule has 1 aliphatic heterocycles. The van der Waals surface area contributed by atoms with E-state index in [-0.39, 0.29) is 12.3 Å². The van der Waals surface area contributed by atoms with Gasteiger partial charge in [-0.2, -0.15) is 0 Å². The van der Waals surface area contributed by atoms with Crippen molar-refractivity contribution in [3.63, 3.8) is 0 Å². The second-order valence-corrected chi connectivity index (χ2v) is 6.00. The van der Waals surface area contributed by atoms with Crippen LogP contribution < -0.4 is 0 Å². The Morgan fingerprint density at radius 1 is 1.52 bits per heavy atom. The lowest BCUT2D eigenvalue weighted by Gasteiger charge is -2.31. The zero-order valence-electron chi connectivity index (χ0n) is 12.3. The van der Waals surface area contributed by atoms with Gasteiger partial charge in [-0.3, -0.25) is 9.69 Å². The number of rotatable bonds is 4. The fourth-order valence-corrected chi connectivity index (χ4v) is 3.22. The summed E-state index contributed by atoms with van der Waals surface area (Å²) in [4.78, 5) is 17.9. The molecule has 1 saturated heterocycles. The fraction of sp³-hybridized carbons (Fsp3) is 0.500. The molecule has 5 heteroatoms. The molecule has 3 heterocycles. The molecule has 5 nitrogen and oxygen atoms in total. The number of fused-ring (bicyclic) bond motifs is 1. The van der Waals surface area contributed by atoms with Crippen LogP contribution in [0.1, 0.15) is 30.5 Å². The Labute approximate surface area is 124 Å². The Hall–Kier alpha value is -1.88. The Morgan fingerprint density at radius 3 is 3.14 bits per heavy atom. The van der Waals surface area contributed by atoms with Crippen molar-refractivity contribution in [2.75, 3.05) is 13.1 Å². The van der Waals surface area contributed by atoms with Crippen molar-refractivity contribution in [3.05, 3.63) is 35.8 Å². The molecule has 112 valence electrons. The second kappa shape index (κ2) is 5.85. The van der Waals surface area contributed by atoms with Crippen LogP contribution >= 0.6 is 0 Å². The minimum atomic E-state index is -0.690. The first-order valence-corrected chi connectivity index (χ1v) is 7.49. The molecule has 0 aliphatic carbocycles. The zero-order chi connectivity index (χ0) is 14.8. The molecule has 21 heavy (non-hydrogen) atoms. The number of nitrogens with zero attached hydrogens (tertiary/aromatic N) is 3. The van der Waals surface area contributed by atoms with Gasteiger partial charge in [0.2, 0.25) is 0 Å². The van der Waals surface area contributed by atoms with E-state index in [1.165, 1.54) is 5.56 Å². The Bertz CT molecular complexity index is 650. The number of aryl methyl sites for hydroxylation is 1. The van der Waals surface area contributed by atoms with Crippen molar-refractivity contribution < 1.29 is 9.90 Å². The van der Waals surface area contributed by atoms with Gasteiger partial charge in [0.15, 0.2) is 0 Å². The van der Waals surface area contributed by atoms with Crippen molar-refractivity contribution >= 4 is 11.6 Å². The van der Waals surface area contributed by atoms with Crippen LogP contribution in [0.15, 0.2) is 24.5 Å². The van der Waals surface area contributed by atoms with Crippen LogP contribution in [0.5, 0.6) is 0 Å². The van der Waals surface area contributed by atoms with Gasteiger partial charge in [0.25, 0.3) is 0 Å². The van der Waals surface area contributed by atoms with Gasteiger partial charge in [-0.05, 0) is 43.9 Å². The molecular weight excluding hydrogens is 266 g/mol. The van der Waals surface area contributed by atoms with E-state index < -0.39 is 5.97 Å². The van der Waals surface area contributed by atoms with E-state index in [0.29, 0.717) is 0 Å². The van der Waals surface area contributed by atoms with Gasteiger partial charge < -0.3 is 9.51 Å². The number of pyridine rings is 1. The number of likely N-dealkylation sites (tertiary alicyclic amines) is 1. The number of aromatic nitrogens is 2. The standard InChI is InChI=1S/C16H21N3O2/c1-12-4-2-7-19-11-14(17-16(12)19)10-18-6-3-5-13(9-18)8-15(20)21/h2,4,7,11,13H,3,5-6,8-10H2,1H3,(H,20,21). The topological polar surface area (TPSA) is 57.8 Å². The summed E-state index contributed by atoms with van der Waals surface area (Å²) in [7, 11) is 0. The summed E-state index contributed by atoms with van der Waals surface area (Å²) in [5.74, 6) is -0.416. The summed E-state index contributed by atoms with van der Waals surface area (Å²) >= 11 is 0. The molecule has 1 aliphatic rings. The Morgan fingerprint density at radius 2 is 2.38 bits per heavy atom. The highest BCUT2D eigenvalue weighted by atomic mass is 16.4. The van der Waals surface area contributed by atoms with Gasteiger partial charge >= 0.3 is 5.97 Å². The van der Waals surface area contributed by atoms with E-state index in [1.807, 2.05) is 12.3 Å². The number of imidazole rings is 1. The summed E-state index contributed by atoms with van der Waals surface area (Å²) in [6, 6.07) is 4.09. The summed E-state index contributed by atoms with van der Waals surface area (Å²) in [5.41, 5.74) is 3.23. The highest BCUT2D eigenvalue weighted by molar-refractivity contribution is 5.67. The van der Waals surface area contributed by atoms with Crippen molar-refractivity contribution in [3.8, 4) is 0 Å². The molecule has 1 N–H and O–H groups in total. The molecule has 0 amide bonds. The first kappa shape index (κ1) is 14.1. The quantitative estimate of drug-likeness (QED) is 0.937. The van der Waals surface area contributed by atoms with Gasteiger partial charge in [-0.1, -0.05) is 6.07 Å². The zero-order valence-corrected chi connectivity index (χ0v) is 12.3. The van der Waals surface area contributed by atoms with Crippen LogP contribution in [0.3, 0.4) is 0 Å². The summed E-state index contributed by atoms with van der Waals surface area (Å²) in [5, 5.41) is 8.93. The van der Waals surface area contributed by atoms with E-state index >= 15 is 0 Å². The average molecular weight is 287 g/mol.